The van der Waals surface area contributed by atoms with E-state index in [-0.39, 0.29) is 0 Å². The molecule has 11 rings (SSSR count). The van der Waals surface area contributed by atoms with E-state index in [9.17, 15) is 0 Å². The van der Waals surface area contributed by atoms with Crippen molar-refractivity contribution in [2.24, 2.45) is 0 Å². The molecule has 2 aromatic heterocycles. The normalized spacial score (nSPS) is 12.3. The lowest BCUT2D eigenvalue weighted by Gasteiger charge is -2.34. The molecule has 0 aliphatic carbocycles. The number of benzene rings is 8. The smallest absolute Gasteiger partial charge is 0.165 e. The molecule has 3 heterocycles. The van der Waals surface area contributed by atoms with Crippen LogP contribution in [0, 0.1) is 0 Å². The Hall–Kier alpha value is -6.89. The summed E-state index contributed by atoms with van der Waals surface area (Å²) in [5.74, 6) is 1.91. The Morgan fingerprint density at radius 3 is 1.59 bits per heavy atom. The average Bonchev–Trinajstić information content (AvgIpc) is 3.24. The molecule has 1 aliphatic heterocycles. The van der Waals surface area contributed by atoms with Crippen LogP contribution in [0.5, 0.6) is 0 Å². The van der Waals surface area contributed by atoms with Crippen molar-refractivity contribution in [3.05, 3.63) is 176 Å². The first-order valence-corrected chi connectivity index (χ1v) is 18.8. The minimum Gasteiger partial charge on any atom is -0.308 e. The van der Waals surface area contributed by atoms with Crippen LogP contribution in [0.15, 0.2) is 186 Å². The van der Waals surface area contributed by atoms with Crippen LogP contribution in [0.2, 0.25) is 0 Å². The number of pyridine rings is 1. The maximum Gasteiger partial charge on any atom is 0.165 e. The van der Waals surface area contributed by atoms with Gasteiger partial charge in [-0.05, 0) is 70.1 Å². The standard InChI is InChI=1S/C48H29N5S/c1-4-18-33-30(13-1)16-9-20-35(33)46-50-47(36-21-10-17-31-14-2-5-19-34(31)36)52-48(51-46)37-22-11-27-43-45(37)54-44-28-8-7-25-42(44)53(43)41-26-12-24-40-38(41)29-32-15-3-6-23-39(32)49-40/h1-29H. The monoisotopic (exact) mass is 707 g/mol. The fourth-order valence-electron chi connectivity index (χ4n) is 7.77. The van der Waals surface area contributed by atoms with E-state index in [4.69, 9.17) is 19.9 Å². The van der Waals surface area contributed by atoms with E-state index in [0.29, 0.717) is 17.5 Å². The van der Waals surface area contributed by atoms with E-state index in [2.05, 4.69) is 175 Å². The quantitative estimate of drug-likeness (QED) is 0.170. The minimum atomic E-state index is 0.630. The Morgan fingerprint density at radius 2 is 0.852 bits per heavy atom. The van der Waals surface area contributed by atoms with Crippen molar-refractivity contribution < 1.29 is 0 Å². The molecule has 0 bridgehead atoms. The third kappa shape index (κ3) is 4.95. The van der Waals surface area contributed by atoms with E-state index in [1.54, 1.807) is 11.8 Å². The van der Waals surface area contributed by atoms with Crippen molar-refractivity contribution in [2.45, 2.75) is 9.79 Å². The third-order valence-electron chi connectivity index (χ3n) is 10.3. The highest BCUT2D eigenvalue weighted by atomic mass is 32.2. The van der Waals surface area contributed by atoms with Crippen molar-refractivity contribution >= 4 is 72.2 Å². The van der Waals surface area contributed by atoms with Crippen LogP contribution in [-0.4, -0.2) is 19.9 Å². The maximum atomic E-state index is 5.31. The second-order valence-electron chi connectivity index (χ2n) is 13.4. The van der Waals surface area contributed by atoms with Crippen LogP contribution in [0.4, 0.5) is 17.1 Å². The van der Waals surface area contributed by atoms with Gasteiger partial charge in [0.2, 0.25) is 0 Å². The summed E-state index contributed by atoms with van der Waals surface area (Å²) in [5.41, 5.74) is 8.09. The molecule has 1 aliphatic rings. The molecule has 6 heteroatoms. The first kappa shape index (κ1) is 30.7. The van der Waals surface area contributed by atoms with Gasteiger partial charge in [0, 0.05) is 37.3 Å². The first-order chi connectivity index (χ1) is 26.8. The van der Waals surface area contributed by atoms with Gasteiger partial charge in [0.1, 0.15) is 0 Å². The summed E-state index contributed by atoms with van der Waals surface area (Å²) in [5, 5.41) is 6.68. The molecule has 0 atom stereocenters. The number of fused-ring (bicyclic) bond motifs is 6. The summed E-state index contributed by atoms with van der Waals surface area (Å²) in [7, 11) is 0. The van der Waals surface area contributed by atoms with Gasteiger partial charge < -0.3 is 4.90 Å². The van der Waals surface area contributed by atoms with Crippen LogP contribution in [0.1, 0.15) is 0 Å². The SMILES string of the molecule is c1ccc2c(c1)Sc1c(-c3nc(-c4cccc5ccccc45)nc(-c4cccc5ccccc45)n3)cccc1N2c1cccc2nc3ccccc3cc12. The predicted molar refractivity (Wildman–Crippen MR) is 223 cm³/mol. The Labute approximate surface area is 315 Å². The van der Waals surface area contributed by atoms with Crippen molar-refractivity contribution in [3.8, 4) is 34.2 Å². The molecule has 0 N–H and O–H groups in total. The highest BCUT2D eigenvalue weighted by molar-refractivity contribution is 8.00. The average molecular weight is 708 g/mol. The van der Waals surface area contributed by atoms with Gasteiger partial charge in [0.05, 0.1) is 28.1 Å². The summed E-state index contributed by atoms with van der Waals surface area (Å²) >= 11 is 1.76. The number of anilines is 3. The fourth-order valence-corrected chi connectivity index (χ4v) is 8.93. The number of hydrogen-bond acceptors (Lipinski definition) is 6. The molecule has 0 spiro atoms. The third-order valence-corrected chi connectivity index (χ3v) is 11.5. The van der Waals surface area contributed by atoms with Crippen molar-refractivity contribution in [1.29, 1.82) is 0 Å². The number of nitrogens with zero attached hydrogens (tertiary/aromatic N) is 5. The van der Waals surface area contributed by atoms with E-state index >= 15 is 0 Å². The van der Waals surface area contributed by atoms with E-state index in [1.165, 1.54) is 0 Å². The maximum absolute atomic E-state index is 5.31. The topological polar surface area (TPSA) is 54.8 Å². The van der Waals surface area contributed by atoms with E-state index < -0.39 is 0 Å². The summed E-state index contributed by atoms with van der Waals surface area (Å²) in [4.78, 5) is 25.5. The lowest BCUT2D eigenvalue weighted by atomic mass is 10.0. The van der Waals surface area contributed by atoms with Gasteiger partial charge in [-0.2, -0.15) is 0 Å². The Bertz CT molecular complexity index is 3010. The Balaban J connectivity index is 1.17. The van der Waals surface area contributed by atoms with Crippen molar-refractivity contribution in [2.75, 3.05) is 4.90 Å². The van der Waals surface area contributed by atoms with Gasteiger partial charge in [-0.1, -0.05) is 139 Å². The lowest BCUT2D eigenvalue weighted by Crippen LogP contribution is -2.16. The summed E-state index contributed by atoms with van der Waals surface area (Å²) in [6.07, 6.45) is 0. The molecule has 0 amide bonds. The second kappa shape index (κ2) is 12.4. The Kier molecular flexibility index (Phi) is 7.03. The van der Waals surface area contributed by atoms with Crippen molar-refractivity contribution in [1.82, 2.24) is 19.9 Å². The first-order valence-electron chi connectivity index (χ1n) is 18.0. The lowest BCUT2D eigenvalue weighted by molar-refractivity contribution is 1.07. The Morgan fingerprint density at radius 1 is 0.352 bits per heavy atom. The number of aromatic nitrogens is 4. The van der Waals surface area contributed by atoms with Crippen LogP contribution in [-0.2, 0) is 0 Å². The zero-order chi connectivity index (χ0) is 35.6. The van der Waals surface area contributed by atoms with Gasteiger partial charge in [-0.15, -0.1) is 0 Å². The highest BCUT2D eigenvalue weighted by Crippen LogP contribution is 2.55. The van der Waals surface area contributed by atoms with Gasteiger partial charge >= 0.3 is 0 Å². The van der Waals surface area contributed by atoms with Crippen LogP contribution < -0.4 is 4.90 Å². The highest BCUT2D eigenvalue weighted by Gasteiger charge is 2.29. The number of rotatable bonds is 4. The molecule has 0 saturated heterocycles. The summed E-state index contributed by atoms with van der Waals surface area (Å²) in [6, 6.07) is 61.5. The van der Waals surface area contributed by atoms with Crippen LogP contribution in [0.25, 0.3) is 77.5 Å². The molecular formula is C48H29N5S. The molecule has 10 aromatic rings. The van der Waals surface area contributed by atoms with Gasteiger partial charge in [-0.25, -0.2) is 19.9 Å². The molecular weight excluding hydrogens is 679 g/mol. The largest absolute Gasteiger partial charge is 0.308 e. The number of hydrogen-bond donors (Lipinski definition) is 0. The molecule has 0 saturated carbocycles. The van der Waals surface area contributed by atoms with Crippen LogP contribution >= 0.6 is 11.8 Å². The zero-order valence-electron chi connectivity index (χ0n) is 28.9. The van der Waals surface area contributed by atoms with Gasteiger partial charge in [0.15, 0.2) is 17.5 Å². The predicted octanol–water partition coefficient (Wildman–Crippen LogP) is 12.8. The molecule has 8 aromatic carbocycles. The summed E-state index contributed by atoms with van der Waals surface area (Å²) < 4.78 is 0. The molecule has 5 nitrogen and oxygen atoms in total. The second-order valence-corrected chi connectivity index (χ2v) is 14.5. The van der Waals surface area contributed by atoms with Crippen LogP contribution in [0.3, 0.4) is 0 Å². The van der Waals surface area contributed by atoms with Gasteiger partial charge in [-0.3, -0.25) is 0 Å². The molecule has 252 valence electrons. The fraction of sp³-hybridized carbons (Fsp3) is 0. The van der Waals surface area contributed by atoms with Gasteiger partial charge in [0.25, 0.3) is 0 Å². The summed E-state index contributed by atoms with van der Waals surface area (Å²) in [6.45, 7) is 0. The zero-order valence-corrected chi connectivity index (χ0v) is 29.7. The van der Waals surface area contributed by atoms with E-state index in [1.807, 2.05) is 6.07 Å². The molecule has 0 radical (unpaired) electrons. The number of para-hydroxylation sites is 2. The molecule has 0 unspecified atom stereocenters. The molecule has 0 fully saturated rings. The minimum absolute atomic E-state index is 0.630. The van der Waals surface area contributed by atoms with E-state index in [0.717, 1.165) is 86.9 Å². The molecule has 54 heavy (non-hydrogen) atoms. The van der Waals surface area contributed by atoms with Crippen molar-refractivity contribution in [3.63, 3.8) is 0 Å².